The Morgan fingerprint density at radius 3 is 2.48 bits per heavy atom. The summed E-state index contributed by atoms with van der Waals surface area (Å²) >= 11 is 0. The highest BCUT2D eigenvalue weighted by atomic mass is 16.1. The maximum Gasteiger partial charge on any atom is 0.255 e. The predicted octanol–water partition coefficient (Wildman–Crippen LogP) is 4.62. The molecule has 2 aromatic carbocycles. The number of amides is 1. The van der Waals surface area contributed by atoms with Gasteiger partial charge in [0.1, 0.15) is 0 Å². The Kier molecular flexibility index (Phi) is 3.88. The summed E-state index contributed by atoms with van der Waals surface area (Å²) in [6, 6.07) is 17.6. The van der Waals surface area contributed by atoms with Gasteiger partial charge < -0.3 is 5.32 Å². The first-order valence-corrected chi connectivity index (χ1v) is 8.66. The minimum Gasteiger partial charge on any atom is -0.322 e. The number of hydrogen-bond donors (Lipinski definition) is 1. The van der Waals surface area contributed by atoms with Gasteiger partial charge in [0.05, 0.1) is 11.4 Å². The maximum atomic E-state index is 12.4. The van der Waals surface area contributed by atoms with Crippen LogP contribution in [0.4, 0.5) is 5.69 Å². The summed E-state index contributed by atoms with van der Waals surface area (Å²) in [7, 11) is 0. The van der Waals surface area contributed by atoms with Crippen LogP contribution in [0.2, 0.25) is 0 Å². The molecule has 1 aromatic heterocycles. The number of anilines is 1. The fourth-order valence-electron chi connectivity index (χ4n) is 3.11. The molecule has 0 bridgehead atoms. The molecule has 1 heterocycles. The Morgan fingerprint density at radius 2 is 1.80 bits per heavy atom. The van der Waals surface area contributed by atoms with E-state index in [-0.39, 0.29) is 5.91 Å². The van der Waals surface area contributed by atoms with Gasteiger partial charge in [0.25, 0.3) is 5.91 Å². The minimum absolute atomic E-state index is 0.0838. The fourth-order valence-corrected chi connectivity index (χ4v) is 3.11. The number of aryl methyl sites for hydroxylation is 2. The summed E-state index contributed by atoms with van der Waals surface area (Å²) < 4.78 is 2.03. The van der Waals surface area contributed by atoms with Gasteiger partial charge in [-0.3, -0.25) is 4.79 Å². The zero-order valence-corrected chi connectivity index (χ0v) is 14.5. The molecule has 1 aliphatic rings. The first kappa shape index (κ1) is 15.6. The first-order valence-electron chi connectivity index (χ1n) is 8.66. The van der Waals surface area contributed by atoms with Crippen LogP contribution in [0, 0.1) is 13.8 Å². The van der Waals surface area contributed by atoms with E-state index in [1.54, 1.807) is 0 Å². The van der Waals surface area contributed by atoms with Gasteiger partial charge in [-0.1, -0.05) is 18.2 Å². The molecule has 1 fully saturated rings. The number of rotatable bonds is 4. The van der Waals surface area contributed by atoms with Crippen molar-refractivity contribution in [2.24, 2.45) is 0 Å². The number of nitrogens with one attached hydrogen (secondary N) is 1. The molecule has 0 saturated heterocycles. The van der Waals surface area contributed by atoms with Gasteiger partial charge in [-0.15, -0.1) is 0 Å². The molecule has 0 radical (unpaired) electrons. The number of carbonyl (C=O) groups is 1. The molecule has 0 spiro atoms. The molecule has 1 aliphatic carbocycles. The molecule has 3 aromatic rings. The van der Waals surface area contributed by atoms with E-state index >= 15 is 0 Å². The van der Waals surface area contributed by atoms with E-state index in [0.29, 0.717) is 11.5 Å². The van der Waals surface area contributed by atoms with Crippen molar-refractivity contribution in [1.29, 1.82) is 0 Å². The molecule has 4 nitrogen and oxygen atoms in total. The molecule has 0 aliphatic heterocycles. The van der Waals surface area contributed by atoms with Crippen molar-refractivity contribution in [2.75, 3.05) is 5.32 Å². The third kappa shape index (κ3) is 3.20. The average Bonchev–Trinajstić information content (AvgIpc) is 3.38. The van der Waals surface area contributed by atoms with E-state index < -0.39 is 0 Å². The van der Waals surface area contributed by atoms with Crippen molar-refractivity contribution in [2.45, 2.75) is 32.6 Å². The van der Waals surface area contributed by atoms with E-state index in [1.165, 1.54) is 18.5 Å². The van der Waals surface area contributed by atoms with Crippen molar-refractivity contribution in [3.05, 3.63) is 77.1 Å². The maximum absolute atomic E-state index is 12.4. The largest absolute Gasteiger partial charge is 0.322 e. The third-order valence-electron chi connectivity index (χ3n) is 4.61. The van der Waals surface area contributed by atoms with Gasteiger partial charge in [-0.05, 0) is 68.7 Å². The molecule has 0 atom stereocenters. The SMILES string of the molecule is Cc1cc(C2CC2)n(-c2ccc(NC(=O)c3ccccc3C)cc2)n1. The minimum atomic E-state index is -0.0838. The molecule has 4 rings (SSSR count). The van der Waals surface area contributed by atoms with Crippen LogP contribution < -0.4 is 5.32 Å². The van der Waals surface area contributed by atoms with E-state index in [2.05, 4.69) is 16.5 Å². The van der Waals surface area contributed by atoms with E-state index in [0.717, 1.165) is 22.6 Å². The lowest BCUT2D eigenvalue weighted by Crippen LogP contribution is -2.13. The highest BCUT2D eigenvalue weighted by molar-refractivity contribution is 6.05. The van der Waals surface area contributed by atoms with Crippen molar-refractivity contribution in [1.82, 2.24) is 9.78 Å². The normalized spacial score (nSPS) is 13.7. The van der Waals surface area contributed by atoms with Gasteiger partial charge in [0.2, 0.25) is 0 Å². The van der Waals surface area contributed by atoms with Gasteiger partial charge in [0.15, 0.2) is 0 Å². The Balaban J connectivity index is 1.55. The Labute approximate surface area is 147 Å². The second kappa shape index (κ2) is 6.20. The fraction of sp³-hybridized carbons (Fsp3) is 0.238. The Bertz CT molecular complexity index is 921. The molecular weight excluding hydrogens is 310 g/mol. The monoisotopic (exact) mass is 331 g/mol. The smallest absolute Gasteiger partial charge is 0.255 e. The quantitative estimate of drug-likeness (QED) is 0.758. The van der Waals surface area contributed by atoms with Crippen LogP contribution in [-0.2, 0) is 0 Å². The van der Waals surface area contributed by atoms with Gasteiger partial charge in [-0.2, -0.15) is 5.10 Å². The number of nitrogens with zero attached hydrogens (tertiary/aromatic N) is 2. The van der Waals surface area contributed by atoms with Crippen molar-refractivity contribution >= 4 is 11.6 Å². The molecule has 1 saturated carbocycles. The lowest BCUT2D eigenvalue weighted by atomic mass is 10.1. The summed E-state index contributed by atoms with van der Waals surface area (Å²) in [4.78, 5) is 12.4. The molecule has 25 heavy (non-hydrogen) atoms. The molecule has 0 unspecified atom stereocenters. The Hall–Kier alpha value is -2.88. The lowest BCUT2D eigenvalue weighted by molar-refractivity contribution is 0.102. The van der Waals surface area contributed by atoms with Crippen LogP contribution >= 0.6 is 0 Å². The molecule has 126 valence electrons. The van der Waals surface area contributed by atoms with Crippen LogP contribution in [0.3, 0.4) is 0 Å². The highest BCUT2D eigenvalue weighted by Crippen LogP contribution is 2.41. The summed E-state index contributed by atoms with van der Waals surface area (Å²) in [5.41, 5.74) is 5.81. The van der Waals surface area contributed by atoms with Crippen LogP contribution in [0.15, 0.2) is 54.6 Å². The topological polar surface area (TPSA) is 46.9 Å². The number of aromatic nitrogens is 2. The molecule has 1 N–H and O–H groups in total. The average molecular weight is 331 g/mol. The molecule has 1 amide bonds. The molecular formula is C21H21N3O. The summed E-state index contributed by atoms with van der Waals surface area (Å²) in [6.07, 6.45) is 2.49. The zero-order chi connectivity index (χ0) is 17.4. The lowest BCUT2D eigenvalue weighted by Gasteiger charge is -2.10. The first-order chi connectivity index (χ1) is 12.1. The van der Waals surface area contributed by atoms with Crippen LogP contribution in [0.5, 0.6) is 0 Å². The summed E-state index contributed by atoms with van der Waals surface area (Å²) in [5.74, 6) is 0.557. The van der Waals surface area contributed by atoms with E-state index in [4.69, 9.17) is 0 Å². The van der Waals surface area contributed by atoms with Gasteiger partial charge in [0, 0.05) is 22.9 Å². The number of hydrogen-bond acceptors (Lipinski definition) is 2. The predicted molar refractivity (Wildman–Crippen MR) is 99.4 cm³/mol. The van der Waals surface area contributed by atoms with Crippen molar-refractivity contribution in [3.63, 3.8) is 0 Å². The number of benzene rings is 2. The number of carbonyl (C=O) groups excluding carboxylic acids is 1. The summed E-state index contributed by atoms with van der Waals surface area (Å²) in [5, 5.41) is 7.59. The van der Waals surface area contributed by atoms with E-state index in [9.17, 15) is 4.79 Å². The van der Waals surface area contributed by atoms with Crippen molar-refractivity contribution < 1.29 is 4.79 Å². The highest BCUT2D eigenvalue weighted by Gasteiger charge is 2.28. The molecule has 4 heteroatoms. The summed E-state index contributed by atoms with van der Waals surface area (Å²) in [6.45, 7) is 3.97. The van der Waals surface area contributed by atoms with Gasteiger partial charge in [-0.25, -0.2) is 4.68 Å². The van der Waals surface area contributed by atoms with Crippen LogP contribution in [0.25, 0.3) is 5.69 Å². The standard InChI is InChI=1S/C21H21N3O/c1-14-5-3-4-6-19(14)21(25)22-17-9-11-18(12-10-17)24-20(16-7-8-16)13-15(2)23-24/h3-6,9-13,16H,7-8H2,1-2H3,(H,22,25). The zero-order valence-electron chi connectivity index (χ0n) is 14.5. The third-order valence-corrected chi connectivity index (χ3v) is 4.61. The Morgan fingerprint density at radius 1 is 1.08 bits per heavy atom. The second-order valence-electron chi connectivity index (χ2n) is 6.71. The van der Waals surface area contributed by atoms with E-state index in [1.807, 2.05) is 67.1 Å². The van der Waals surface area contributed by atoms with Crippen molar-refractivity contribution in [3.8, 4) is 5.69 Å². The van der Waals surface area contributed by atoms with Gasteiger partial charge >= 0.3 is 0 Å². The second-order valence-corrected chi connectivity index (χ2v) is 6.71. The van der Waals surface area contributed by atoms with Crippen LogP contribution in [-0.4, -0.2) is 15.7 Å². The van der Waals surface area contributed by atoms with Crippen LogP contribution in [0.1, 0.15) is 46.1 Å².